The van der Waals surface area contributed by atoms with Crippen LogP contribution >= 0.6 is 0 Å². The Balaban J connectivity index is 1.76. The summed E-state index contributed by atoms with van der Waals surface area (Å²) < 4.78 is 5.70. The molecule has 1 amide bonds. The third-order valence-corrected chi connectivity index (χ3v) is 3.09. The van der Waals surface area contributed by atoms with Crippen LogP contribution in [0.15, 0.2) is 54.6 Å². The zero-order chi connectivity index (χ0) is 14.9. The highest BCUT2D eigenvalue weighted by atomic mass is 16.5. The Bertz CT molecular complexity index is 553. The van der Waals surface area contributed by atoms with E-state index >= 15 is 0 Å². The average Bonchev–Trinajstić information content (AvgIpc) is 2.55. The van der Waals surface area contributed by atoms with Crippen molar-refractivity contribution in [1.82, 2.24) is 5.32 Å². The molecule has 0 aliphatic rings. The number of hydrogen-bond acceptors (Lipinski definition) is 3. The van der Waals surface area contributed by atoms with Crippen LogP contribution in [0.1, 0.15) is 5.56 Å². The Hall–Kier alpha value is -2.49. The third kappa shape index (κ3) is 5.18. The maximum absolute atomic E-state index is 11.1. The summed E-state index contributed by atoms with van der Waals surface area (Å²) in [6.07, 6.45) is 0.886. The minimum absolute atomic E-state index is 0.0433. The lowest BCUT2D eigenvalue weighted by atomic mass is 10.2. The van der Waals surface area contributed by atoms with E-state index in [1.807, 2.05) is 42.5 Å². The predicted molar refractivity (Wildman–Crippen MR) is 84.6 cm³/mol. The van der Waals surface area contributed by atoms with E-state index in [1.165, 1.54) is 5.56 Å². The molecular weight excluding hydrogens is 264 g/mol. The van der Waals surface area contributed by atoms with E-state index < -0.39 is 0 Å². The maximum atomic E-state index is 11.1. The van der Waals surface area contributed by atoms with E-state index in [2.05, 4.69) is 22.8 Å². The SMILES string of the molecule is CNC(=O)CNc1ccc(OCCc2ccccc2)cc1. The Labute approximate surface area is 125 Å². The van der Waals surface area contributed by atoms with Gasteiger partial charge in [-0.1, -0.05) is 30.3 Å². The van der Waals surface area contributed by atoms with Crippen LogP contribution in [0.4, 0.5) is 5.69 Å². The zero-order valence-electron chi connectivity index (χ0n) is 12.1. The van der Waals surface area contributed by atoms with Crippen LogP contribution in [0.3, 0.4) is 0 Å². The first-order chi connectivity index (χ1) is 10.3. The molecule has 2 rings (SSSR count). The molecule has 0 atom stereocenters. The normalized spacial score (nSPS) is 9.95. The lowest BCUT2D eigenvalue weighted by Gasteiger charge is -2.08. The molecule has 2 aromatic carbocycles. The fraction of sp³-hybridized carbons (Fsp3) is 0.235. The molecule has 0 unspecified atom stereocenters. The molecule has 0 aromatic heterocycles. The summed E-state index contributed by atoms with van der Waals surface area (Å²) in [7, 11) is 1.62. The molecule has 0 spiro atoms. The topological polar surface area (TPSA) is 50.4 Å². The summed E-state index contributed by atoms with van der Waals surface area (Å²) in [5, 5.41) is 5.60. The first-order valence-corrected chi connectivity index (χ1v) is 6.99. The number of anilines is 1. The van der Waals surface area contributed by atoms with E-state index in [9.17, 15) is 4.79 Å². The van der Waals surface area contributed by atoms with Crippen molar-refractivity contribution in [3.8, 4) is 5.75 Å². The van der Waals surface area contributed by atoms with Crippen LogP contribution < -0.4 is 15.4 Å². The first-order valence-electron chi connectivity index (χ1n) is 6.99. The summed E-state index contributed by atoms with van der Waals surface area (Å²) >= 11 is 0. The molecule has 2 N–H and O–H groups in total. The predicted octanol–water partition coefficient (Wildman–Crippen LogP) is 2.47. The van der Waals surface area contributed by atoms with Gasteiger partial charge in [0, 0.05) is 19.2 Å². The molecule has 0 radical (unpaired) electrons. The molecule has 0 fully saturated rings. The van der Waals surface area contributed by atoms with Gasteiger partial charge in [0.15, 0.2) is 0 Å². The van der Waals surface area contributed by atoms with Gasteiger partial charge in [0.25, 0.3) is 0 Å². The summed E-state index contributed by atoms with van der Waals surface area (Å²) in [5.41, 5.74) is 2.16. The summed E-state index contributed by atoms with van der Waals surface area (Å²) in [4.78, 5) is 11.1. The molecule has 0 heterocycles. The summed E-state index contributed by atoms with van der Waals surface area (Å²) in [6.45, 7) is 0.916. The first kappa shape index (κ1) is 14.9. The monoisotopic (exact) mass is 284 g/mol. The van der Waals surface area contributed by atoms with Crippen LogP contribution in [0.2, 0.25) is 0 Å². The van der Waals surface area contributed by atoms with Crippen molar-refractivity contribution in [1.29, 1.82) is 0 Å². The van der Waals surface area contributed by atoms with Crippen molar-refractivity contribution in [2.45, 2.75) is 6.42 Å². The fourth-order valence-electron chi connectivity index (χ4n) is 1.87. The Morgan fingerprint density at radius 1 is 1.05 bits per heavy atom. The van der Waals surface area contributed by atoms with Crippen molar-refractivity contribution in [2.24, 2.45) is 0 Å². The van der Waals surface area contributed by atoms with Crippen molar-refractivity contribution in [3.63, 3.8) is 0 Å². The van der Waals surface area contributed by atoms with Crippen LogP contribution in [0, 0.1) is 0 Å². The molecule has 4 nitrogen and oxygen atoms in total. The van der Waals surface area contributed by atoms with E-state index in [4.69, 9.17) is 4.74 Å². The van der Waals surface area contributed by atoms with E-state index in [1.54, 1.807) is 7.05 Å². The number of amides is 1. The van der Waals surface area contributed by atoms with Crippen LogP contribution in [0.25, 0.3) is 0 Å². The number of nitrogens with one attached hydrogen (secondary N) is 2. The second-order valence-corrected chi connectivity index (χ2v) is 4.64. The lowest BCUT2D eigenvalue weighted by molar-refractivity contribution is -0.118. The highest BCUT2D eigenvalue weighted by molar-refractivity contribution is 5.80. The summed E-state index contributed by atoms with van der Waals surface area (Å²) in [5.74, 6) is 0.787. The number of carbonyl (C=O) groups is 1. The van der Waals surface area contributed by atoms with Gasteiger partial charge in [0.1, 0.15) is 5.75 Å². The second-order valence-electron chi connectivity index (χ2n) is 4.64. The lowest BCUT2D eigenvalue weighted by Crippen LogP contribution is -2.26. The highest BCUT2D eigenvalue weighted by Crippen LogP contribution is 2.15. The zero-order valence-corrected chi connectivity index (χ0v) is 12.1. The molecule has 4 heteroatoms. The minimum Gasteiger partial charge on any atom is -0.493 e. The molecule has 0 aliphatic carbocycles. The average molecular weight is 284 g/mol. The molecule has 0 bridgehead atoms. The van der Waals surface area contributed by atoms with E-state index in [-0.39, 0.29) is 12.5 Å². The van der Waals surface area contributed by atoms with Gasteiger partial charge in [0.05, 0.1) is 13.2 Å². The molecule has 0 saturated carbocycles. The third-order valence-electron chi connectivity index (χ3n) is 3.09. The molecule has 2 aromatic rings. The number of likely N-dealkylation sites (N-methyl/N-ethyl adjacent to an activating group) is 1. The van der Waals surface area contributed by atoms with Crippen LogP contribution in [0.5, 0.6) is 5.75 Å². The largest absolute Gasteiger partial charge is 0.493 e. The Kier molecular flexibility index (Phi) is 5.64. The van der Waals surface area contributed by atoms with Gasteiger partial charge < -0.3 is 15.4 Å². The number of rotatable bonds is 7. The van der Waals surface area contributed by atoms with Crippen molar-refractivity contribution in [2.75, 3.05) is 25.5 Å². The van der Waals surface area contributed by atoms with E-state index in [0.717, 1.165) is 17.9 Å². The van der Waals surface area contributed by atoms with Gasteiger partial charge in [-0.2, -0.15) is 0 Å². The van der Waals surface area contributed by atoms with Crippen molar-refractivity contribution >= 4 is 11.6 Å². The molecular formula is C17H20N2O2. The summed E-state index contributed by atoms with van der Waals surface area (Å²) in [6, 6.07) is 17.9. The molecule has 0 aliphatic heterocycles. The van der Waals surface area contributed by atoms with Gasteiger partial charge in [-0.15, -0.1) is 0 Å². The Morgan fingerprint density at radius 2 is 1.76 bits per heavy atom. The standard InChI is InChI=1S/C17H20N2O2/c1-18-17(20)13-19-15-7-9-16(10-8-15)21-12-11-14-5-3-2-4-6-14/h2-10,19H,11-13H2,1H3,(H,18,20). The number of carbonyl (C=O) groups excluding carboxylic acids is 1. The number of benzene rings is 2. The molecule has 21 heavy (non-hydrogen) atoms. The highest BCUT2D eigenvalue weighted by Gasteiger charge is 1.99. The minimum atomic E-state index is -0.0433. The second kappa shape index (κ2) is 7.94. The van der Waals surface area contributed by atoms with Gasteiger partial charge in [-0.05, 0) is 29.8 Å². The van der Waals surface area contributed by atoms with Crippen molar-refractivity contribution in [3.05, 3.63) is 60.2 Å². The quantitative estimate of drug-likeness (QED) is 0.821. The van der Waals surface area contributed by atoms with Crippen LogP contribution in [-0.2, 0) is 11.2 Å². The Morgan fingerprint density at radius 3 is 2.43 bits per heavy atom. The van der Waals surface area contributed by atoms with Gasteiger partial charge in [-0.25, -0.2) is 0 Å². The van der Waals surface area contributed by atoms with Gasteiger partial charge in [-0.3, -0.25) is 4.79 Å². The van der Waals surface area contributed by atoms with Crippen molar-refractivity contribution < 1.29 is 9.53 Å². The number of hydrogen-bond donors (Lipinski definition) is 2. The fourth-order valence-corrected chi connectivity index (χ4v) is 1.87. The molecule has 110 valence electrons. The number of ether oxygens (including phenoxy) is 1. The van der Waals surface area contributed by atoms with Gasteiger partial charge in [0.2, 0.25) is 5.91 Å². The van der Waals surface area contributed by atoms with Gasteiger partial charge >= 0.3 is 0 Å². The van der Waals surface area contributed by atoms with Crippen LogP contribution in [-0.4, -0.2) is 26.1 Å². The smallest absolute Gasteiger partial charge is 0.239 e. The molecule has 0 saturated heterocycles. The van der Waals surface area contributed by atoms with E-state index in [0.29, 0.717) is 6.61 Å². The maximum Gasteiger partial charge on any atom is 0.239 e.